The van der Waals surface area contributed by atoms with Gasteiger partial charge in [-0.1, -0.05) is 119 Å². The van der Waals surface area contributed by atoms with Gasteiger partial charge in [0.05, 0.1) is 6.61 Å². The second-order valence-corrected chi connectivity index (χ2v) is 8.40. The Hall–Kier alpha value is -0.0500. The zero-order chi connectivity index (χ0) is 19.1. The maximum absolute atomic E-state index is 11.2. The number of carbonyl (C=O) groups is 1. The van der Waals surface area contributed by atoms with Crippen LogP contribution in [-0.2, 0) is 9.53 Å². The van der Waals surface area contributed by atoms with Crippen LogP contribution in [0.15, 0.2) is 0 Å². The summed E-state index contributed by atoms with van der Waals surface area (Å²) in [4.78, 5) is 11.2. The zero-order valence-electron chi connectivity index (χ0n) is 17.5. The van der Waals surface area contributed by atoms with Gasteiger partial charge in [-0.05, 0) is 19.8 Å². The number of halogens is 1. The third kappa shape index (κ3) is 22.0. The molecule has 0 saturated heterocycles. The molecule has 0 amide bonds. The molecule has 26 heavy (non-hydrogen) atoms. The molecule has 0 aromatic heterocycles. The molecule has 156 valence electrons. The summed E-state index contributed by atoms with van der Waals surface area (Å²) in [7, 11) is 0. The van der Waals surface area contributed by atoms with Gasteiger partial charge in [-0.15, -0.1) is 0 Å². The van der Waals surface area contributed by atoms with Crippen LogP contribution >= 0.6 is 15.9 Å². The van der Waals surface area contributed by atoms with Crippen molar-refractivity contribution in [3.63, 3.8) is 0 Å². The fourth-order valence-corrected chi connectivity index (χ4v) is 3.82. The Bertz CT molecular complexity index is 281. The molecule has 0 aliphatic heterocycles. The van der Waals surface area contributed by atoms with E-state index in [-0.39, 0.29) is 5.97 Å². The minimum atomic E-state index is -0.0298. The molecule has 0 spiro atoms. The molecule has 0 unspecified atom stereocenters. The summed E-state index contributed by atoms with van der Waals surface area (Å²) in [5, 5.41) is 1.17. The molecule has 0 aromatic carbocycles. The molecule has 0 aliphatic rings. The predicted molar refractivity (Wildman–Crippen MR) is 118 cm³/mol. The van der Waals surface area contributed by atoms with Gasteiger partial charge in [-0.2, -0.15) is 0 Å². The minimum absolute atomic E-state index is 0.0298. The molecule has 0 aromatic rings. The van der Waals surface area contributed by atoms with Gasteiger partial charge >= 0.3 is 5.97 Å². The third-order valence-electron chi connectivity index (χ3n) is 5.07. The van der Waals surface area contributed by atoms with E-state index in [9.17, 15) is 4.79 Å². The first kappa shape index (κ1) is 26.0. The van der Waals surface area contributed by atoms with Crippen LogP contribution in [0.1, 0.15) is 129 Å². The van der Waals surface area contributed by atoms with E-state index >= 15 is 0 Å². The lowest BCUT2D eigenvalue weighted by Gasteiger charge is -2.04. The van der Waals surface area contributed by atoms with Crippen LogP contribution in [0, 0.1) is 0 Å². The van der Waals surface area contributed by atoms with E-state index in [0.29, 0.717) is 13.0 Å². The summed E-state index contributed by atoms with van der Waals surface area (Å²) in [6.45, 7) is 2.38. The average molecular weight is 434 g/mol. The lowest BCUT2D eigenvalue weighted by molar-refractivity contribution is -0.143. The van der Waals surface area contributed by atoms with E-state index in [1.807, 2.05) is 6.92 Å². The highest BCUT2D eigenvalue weighted by molar-refractivity contribution is 9.09. The molecular formula is C23H45BrO2. The highest BCUT2D eigenvalue weighted by Gasteiger charge is 2.00. The van der Waals surface area contributed by atoms with Gasteiger partial charge in [0.1, 0.15) is 0 Å². The van der Waals surface area contributed by atoms with Gasteiger partial charge in [0.15, 0.2) is 0 Å². The number of rotatable bonds is 21. The summed E-state index contributed by atoms with van der Waals surface area (Å²) in [5.74, 6) is -0.0298. The minimum Gasteiger partial charge on any atom is -0.466 e. The second-order valence-electron chi connectivity index (χ2n) is 7.61. The van der Waals surface area contributed by atoms with Crippen molar-refractivity contribution in [1.82, 2.24) is 0 Å². The van der Waals surface area contributed by atoms with E-state index in [1.54, 1.807) is 0 Å². The highest BCUT2D eigenvalue weighted by Crippen LogP contribution is 2.14. The first-order valence-electron chi connectivity index (χ1n) is 11.5. The summed E-state index contributed by atoms with van der Waals surface area (Å²) in [5.41, 5.74) is 0. The fourth-order valence-electron chi connectivity index (χ4n) is 3.43. The number of carbonyl (C=O) groups excluding carboxylic acids is 1. The van der Waals surface area contributed by atoms with Crippen LogP contribution in [0.5, 0.6) is 0 Å². The lowest BCUT2D eigenvalue weighted by Crippen LogP contribution is -2.03. The van der Waals surface area contributed by atoms with Gasteiger partial charge in [0.2, 0.25) is 0 Å². The van der Waals surface area contributed by atoms with Crippen molar-refractivity contribution in [1.29, 1.82) is 0 Å². The predicted octanol–water partition coefficient (Wildman–Crippen LogP) is 8.36. The first-order valence-corrected chi connectivity index (χ1v) is 12.6. The van der Waals surface area contributed by atoms with Crippen molar-refractivity contribution in [2.45, 2.75) is 129 Å². The largest absolute Gasteiger partial charge is 0.466 e. The van der Waals surface area contributed by atoms with Gasteiger partial charge in [0.25, 0.3) is 0 Å². The molecule has 0 radical (unpaired) electrons. The normalized spacial score (nSPS) is 11.0. The molecule has 0 atom stereocenters. The topological polar surface area (TPSA) is 26.3 Å². The SMILES string of the molecule is CCOC(=O)CCCCCCCCCCCCCCCCCCCCBr. The van der Waals surface area contributed by atoms with E-state index < -0.39 is 0 Å². The number of hydrogen-bond donors (Lipinski definition) is 0. The van der Waals surface area contributed by atoms with Crippen LogP contribution in [0.3, 0.4) is 0 Å². The van der Waals surface area contributed by atoms with Gasteiger partial charge in [0, 0.05) is 11.8 Å². The molecule has 0 aliphatic carbocycles. The Kier molecular flexibility index (Phi) is 22.9. The molecule has 0 fully saturated rings. The Balaban J connectivity index is 3.02. The molecular weight excluding hydrogens is 388 g/mol. The van der Waals surface area contributed by atoms with Crippen molar-refractivity contribution < 1.29 is 9.53 Å². The summed E-state index contributed by atoms with van der Waals surface area (Å²) in [6.07, 6.45) is 25.3. The van der Waals surface area contributed by atoms with E-state index in [1.165, 1.54) is 114 Å². The van der Waals surface area contributed by atoms with Crippen molar-refractivity contribution in [3.05, 3.63) is 0 Å². The van der Waals surface area contributed by atoms with Crippen LogP contribution in [0.25, 0.3) is 0 Å². The van der Waals surface area contributed by atoms with Crippen LogP contribution < -0.4 is 0 Å². The maximum Gasteiger partial charge on any atom is 0.305 e. The first-order chi connectivity index (χ1) is 12.8. The smallest absolute Gasteiger partial charge is 0.305 e. The molecule has 0 heterocycles. The Morgan fingerprint density at radius 3 is 1.19 bits per heavy atom. The second kappa shape index (κ2) is 23.0. The van der Waals surface area contributed by atoms with Gasteiger partial charge in [-0.3, -0.25) is 4.79 Å². The molecule has 0 rings (SSSR count). The van der Waals surface area contributed by atoms with Crippen molar-refractivity contribution >= 4 is 21.9 Å². The monoisotopic (exact) mass is 432 g/mol. The van der Waals surface area contributed by atoms with Gasteiger partial charge < -0.3 is 4.74 Å². The number of alkyl halides is 1. The molecule has 0 N–H and O–H groups in total. The fraction of sp³-hybridized carbons (Fsp3) is 0.957. The number of ether oxygens (including phenoxy) is 1. The summed E-state index contributed by atoms with van der Waals surface area (Å²) >= 11 is 3.49. The van der Waals surface area contributed by atoms with Crippen LogP contribution in [-0.4, -0.2) is 17.9 Å². The van der Waals surface area contributed by atoms with E-state index in [2.05, 4.69) is 15.9 Å². The molecule has 3 heteroatoms. The molecule has 2 nitrogen and oxygen atoms in total. The molecule has 0 bridgehead atoms. The maximum atomic E-state index is 11.2. The third-order valence-corrected chi connectivity index (χ3v) is 5.63. The number of unbranched alkanes of at least 4 members (excludes halogenated alkanes) is 17. The quantitative estimate of drug-likeness (QED) is 0.103. The summed E-state index contributed by atoms with van der Waals surface area (Å²) < 4.78 is 4.94. The van der Waals surface area contributed by atoms with Crippen LogP contribution in [0.4, 0.5) is 0 Å². The Morgan fingerprint density at radius 2 is 0.885 bits per heavy atom. The van der Waals surface area contributed by atoms with Crippen molar-refractivity contribution in [2.75, 3.05) is 11.9 Å². The van der Waals surface area contributed by atoms with Crippen LogP contribution in [0.2, 0.25) is 0 Å². The number of hydrogen-bond acceptors (Lipinski definition) is 2. The lowest BCUT2D eigenvalue weighted by atomic mass is 10.0. The molecule has 0 saturated carbocycles. The Morgan fingerprint density at radius 1 is 0.577 bits per heavy atom. The number of esters is 1. The Labute approximate surface area is 172 Å². The van der Waals surface area contributed by atoms with Crippen molar-refractivity contribution in [2.24, 2.45) is 0 Å². The zero-order valence-corrected chi connectivity index (χ0v) is 19.1. The highest BCUT2D eigenvalue weighted by atomic mass is 79.9. The van der Waals surface area contributed by atoms with E-state index in [0.717, 1.165) is 6.42 Å². The van der Waals surface area contributed by atoms with Crippen molar-refractivity contribution in [3.8, 4) is 0 Å². The average Bonchev–Trinajstić information content (AvgIpc) is 2.64. The summed E-state index contributed by atoms with van der Waals surface area (Å²) in [6, 6.07) is 0. The van der Waals surface area contributed by atoms with E-state index in [4.69, 9.17) is 4.74 Å². The van der Waals surface area contributed by atoms with Gasteiger partial charge in [-0.25, -0.2) is 0 Å². The standard InChI is InChI=1S/C23H45BrO2/c1-2-26-23(25)21-19-17-15-13-11-9-7-5-3-4-6-8-10-12-14-16-18-20-22-24/h2-22H2,1H3.